The van der Waals surface area contributed by atoms with Gasteiger partial charge in [0.2, 0.25) is 0 Å². The van der Waals surface area contributed by atoms with Crippen LogP contribution < -0.4 is 15.8 Å². The summed E-state index contributed by atoms with van der Waals surface area (Å²) in [5.74, 6) is -0.386. The van der Waals surface area contributed by atoms with Crippen molar-refractivity contribution in [1.82, 2.24) is 5.32 Å². The number of benzene rings is 2. The largest absolute Gasteiger partial charge is 0.350 e. The molecule has 0 spiro atoms. The number of carbonyl (C=O) groups is 1. The zero-order valence-corrected chi connectivity index (χ0v) is 16.4. The Labute approximate surface area is 158 Å². The van der Waals surface area contributed by atoms with E-state index in [2.05, 4.69) is 10.0 Å². The van der Waals surface area contributed by atoms with Crippen LogP contribution in [0.5, 0.6) is 0 Å². The lowest BCUT2D eigenvalue weighted by molar-refractivity contribution is 0.0946. The predicted octanol–water partition coefficient (Wildman–Crippen LogP) is 2.92. The molecule has 6 nitrogen and oxygen atoms in total. The van der Waals surface area contributed by atoms with Crippen LogP contribution in [0.15, 0.2) is 47.4 Å². The van der Waals surface area contributed by atoms with Gasteiger partial charge in [0.25, 0.3) is 15.9 Å². The number of anilines is 1. The van der Waals surface area contributed by atoms with Crippen molar-refractivity contribution >= 4 is 33.2 Å². The van der Waals surface area contributed by atoms with Gasteiger partial charge in [-0.05, 0) is 56.7 Å². The van der Waals surface area contributed by atoms with E-state index < -0.39 is 15.6 Å². The minimum absolute atomic E-state index is 0.0251. The number of amides is 1. The lowest BCUT2D eigenvalue weighted by Gasteiger charge is -2.19. The maximum Gasteiger partial charge on any atom is 0.262 e. The summed E-state index contributed by atoms with van der Waals surface area (Å²) < 4.78 is 27.9. The quantitative estimate of drug-likeness (QED) is 0.699. The van der Waals surface area contributed by atoms with Crippen molar-refractivity contribution in [1.29, 1.82) is 0 Å². The summed E-state index contributed by atoms with van der Waals surface area (Å²) in [5, 5.41) is 3.11. The van der Waals surface area contributed by atoms with Crippen molar-refractivity contribution in [2.75, 3.05) is 11.3 Å². The highest BCUT2D eigenvalue weighted by atomic mass is 35.5. The van der Waals surface area contributed by atoms with E-state index in [9.17, 15) is 13.2 Å². The molecule has 0 aliphatic rings. The van der Waals surface area contributed by atoms with Crippen LogP contribution in [0.4, 0.5) is 5.69 Å². The summed E-state index contributed by atoms with van der Waals surface area (Å²) in [6.07, 6.45) is 0. The minimum atomic E-state index is -3.87. The summed E-state index contributed by atoms with van der Waals surface area (Å²) in [5.41, 5.74) is 6.40. The second kappa shape index (κ2) is 7.65. The third-order valence-electron chi connectivity index (χ3n) is 3.52. The van der Waals surface area contributed by atoms with E-state index >= 15 is 0 Å². The molecule has 2 aromatic rings. The van der Waals surface area contributed by atoms with Crippen molar-refractivity contribution in [2.24, 2.45) is 5.73 Å². The number of aryl methyl sites for hydroxylation is 1. The van der Waals surface area contributed by atoms with Gasteiger partial charge in [-0.1, -0.05) is 23.7 Å². The minimum Gasteiger partial charge on any atom is -0.350 e. The molecule has 0 bridgehead atoms. The average molecular weight is 396 g/mol. The Hall–Kier alpha value is -2.09. The molecule has 26 heavy (non-hydrogen) atoms. The standard InChI is InChI=1S/C18H22ClN3O3S/c1-12-7-8-13(17(23)21-11-18(2,3)20)9-16(12)26(24,25)22-15-6-4-5-14(19)10-15/h4-10,22H,11,20H2,1-3H3,(H,21,23). The summed E-state index contributed by atoms with van der Waals surface area (Å²) in [4.78, 5) is 12.3. The van der Waals surface area contributed by atoms with E-state index in [1.165, 1.54) is 12.1 Å². The lowest BCUT2D eigenvalue weighted by Crippen LogP contribution is -2.45. The number of nitrogens with one attached hydrogen (secondary N) is 2. The highest BCUT2D eigenvalue weighted by Crippen LogP contribution is 2.22. The Bertz CT molecular complexity index is 922. The Morgan fingerprint density at radius 3 is 2.50 bits per heavy atom. The van der Waals surface area contributed by atoms with Crippen LogP contribution in [-0.4, -0.2) is 26.4 Å². The van der Waals surface area contributed by atoms with Gasteiger partial charge in [0.1, 0.15) is 0 Å². The monoisotopic (exact) mass is 395 g/mol. The third-order valence-corrected chi connectivity index (χ3v) is 5.28. The number of nitrogens with two attached hydrogens (primary N) is 1. The Morgan fingerprint density at radius 1 is 1.19 bits per heavy atom. The van der Waals surface area contributed by atoms with E-state index in [1.807, 2.05) is 0 Å². The van der Waals surface area contributed by atoms with Gasteiger partial charge < -0.3 is 11.1 Å². The van der Waals surface area contributed by atoms with Crippen molar-refractivity contribution < 1.29 is 13.2 Å². The van der Waals surface area contributed by atoms with Crippen molar-refractivity contribution in [3.8, 4) is 0 Å². The fraction of sp³-hybridized carbons (Fsp3) is 0.278. The molecule has 4 N–H and O–H groups in total. The number of rotatable bonds is 6. The third kappa shape index (κ3) is 5.45. The molecule has 1 amide bonds. The van der Waals surface area contributed by atoms with Crippen molar-refractivity contribution in [3.63, 3.8) is 0 Å². The molecule has 0 radical (unpaired) electrons. The lowest BCUT2D eigenvalue weighted by atomic mass is 10.1. The molecule has 8 heteroatoms. The molecular weight excluding hydrogens is 374 g/mol. The zero-order valence-electron chi connectivity index (χ0n) is 14.8. The van der Waals surface area contributed by atoms with E-state index in [0.29, 0.717) is 16.3 Å². The number of hydrogen-bond acceptors (Lipinski definition) is 4. The first-order valence-electron chi connectivity index (χ1n) is 7.94. The van der Waals surface area contributed by atoms with Gasteiger partial charge in [-0.3, -0.25) is 9.52 Å². The molecule has 0 aliphatic heterocycles. The Morgan fingerprint density at radius 2 is 1.88 bits per heavy atom. The molecule has 0 atom stereocenters. The van der Waals surface area contributed by atoms with Gasteiger partial charge in [0.15, 0.2) is 0 Å². The van der Waals surface area contributed by atoms with Gasteiger partial charge in [0.05, 0.1) is 10.6 Å². The Balaban J connectivity index is 2.29. The van der Waals surface area contributed by atoms with Crippen LogP contribution in [0.1, 0.15) is 29.8 Å². The number of halogens is 1. The van der Waals surface area contributed by atoms with E-state index in [4.69, 9.17) is 17.3 Å². The molecule has 0 unspecified atom stereocenters. The molecule has 2 rings (SSSR count). The Kier molecular flexibility index (Phi) is 5.95. The van der Waals surface area contributed by atoms with E-state index in [-0.39, 0.29) is 22.9 Å². The summed E-state index contributed by atoms with van der Waals surface area (Å²) in [6, 6.07) is 10.9. The highest BCUT2D eigenvalue weighted by molar-refractivity contribution is 7.92. The van der Waals surface area contributed by atoms with Gasteiger partial charge in [-0.2, -0.15) is 0 Å². The number of carbonyl (C=O) groups excluding carboxylic acids is 1. The normalized spacial score (nSPS) is 11.9. The van der Waals surface area contributed by atoms with Crippen LogP contribution in [0.3, 0.4) is 0 Å². The zero-order chi connectivity index (χ0) is 19.5. The van der Waals surface area contributed by atoms with Gasteiger partial charge >= 0.3 is 0 Å². The average Bonchev–Trinajstić information content (AvgIpc) is 2.51. The highest BCUT2D eigenvalue weighted by Gasteiger charge is 2.20. The van der Waals surface area contributed by atoms with Gasteiger partial charge in [0, 0.05) is 22.7 Å². The molecule has 0 fully saturated rings. The van der Waals surface area contributed by atoms with Crippen LogP contribution >= 0.6 is 11.6 Å². The van der Waals surface area contributed by atoms with Crippen LogP contribution in [0.2, 0.25) is 5.02 Å². The second-order valence-corrected chi connectivity index (χ2v) is 8.85. The molecule has 0 saturated heterocycles. The summed E-state index contributed by atoms with van der Waals surface area (Å²) in [6.45, 7) is 5.50. The smallest absolute Gasteiger partial charge is 0.262 e. The molecular formula is C18H22ClN3O3S. The van der Waals surface area contributed by atoms with Crippen molar-refractivity contribution in [3.05, 3.63) is 58.6 Å². The first kappa shape index (κ1) is 20.2. The molecule has 140 valence electrons. The summed E-state index contributed by atoms with van der Waals surface area (Å²) in [7, 11) is -3.87. The van der Waals surface area contributed by atoms with Crippen LogP contribution in [-0.2, 0) is 10.0 Å². The maximum atomic E-state index is 12.7. The van der Waals surface area contributed by atoms with Crippen LogP contribution in [0.25, 0.3) is 0 Å². The number of sulfonamides is 1. The second-order valence-electron chi connectivity index (χ2n) is 6.77. The fourth-order valence-corrected chi connectivity index (χ4v) is 3.71. The first-order chi connectivity index (χ1) is 12.0. The van der Waals surface area contributed by atoms with Crippen molar-refractivity contribution in [2.45, 2.75) is 31.2 Å². The van der Waals surface area contributed by atoms with E-state index in [0.717, 1.165) is 0 Å². The van der Waals surface area contributed by atoms with Gasteiger partial charge in [-0.15, -0.1) is 0 Å². The predicted molar refractivity (Wildman–Crippen MR) is 104 cm³/mol. The fourth-order valence-electron chi connectivity index (χ4n) is 2.20. The topological polar surface area (TPSA) is 101 Å². The first-order valence-corrected chi connectivity index (χ1v) is 9.80. The molecule has 0 aliphatic carbocycles. The van der Waals surface area contributed by atoms with E-state index in [1.54, 1.807) is 51.1 Å². The molecule has 0 saturated carbocycles. The molecule has 2 aromatic carbocycles. The number of hydrogen-bond donors (Lipinski definition) is 3. The van der Waals surface area contributed by atoms with Gasteiger partial charge in [-0.25, -0.2) is 8.42 Å². The molecule has 0 heterocycles. The SMILES string of the molecule is Cc1ccc(C(=O)NCC(C)(C)N)cc1S(=O)(=O)Nc1cccc(Cl)c1. The molecule has 0 aromatic heterocycles. The maximum absolute atomic E-state index is 12.7. The summed E-state index contributed by atoms with van der Waals surface area (Å²) >= 11 is 5.89. The van der Waals surface area contributed by atoms with Crippen LogP contribution in [0, 0.1) is 6.92 Å².